The predicted octanol–water partition coefficient (Wildman–Crippen LogP) is 3.86. The molecule has 0 aliphatic rings. The Morgan fingerprint density at radius 3 is 2.40 bits per heavy atom. The summed E-state index contributed by atoms with van der Waals surface area (Å²) < 4.78 is 0. The summed E-state index contributed by atoms with van der Waals surface area (Å²) in [5.74, 6) is 0. The topological polar surface area (TPSA) is 24.9 Å². The Labute approximate surface area is 122 Å². The summed E-state index contributed by atoms with van der Waals surface area (Å²) in [4.78, 5) is 4.48. The van der Waals surface area contributed by atoms with Gasteiger partial charge in [-0.05, 0) is 55.5 Å². The number of benzene rings is 1. The minimum absolute atomic E-state index is 0.830. The van der Waals surface area contributed by atoms with Crippen molar-refractivity contribution in [2.24, 2.45) is 0 Å². The Hall–Kier alpha value is -1.67. The zero-order chi connectivity index (χ0) is 14.5. The lowest BCUT2D eigenvalue weighted by atomic mass is 10.00. The van der Waals surface area contributed by atoms with Crippen LogP contribution in [0.1, 0.15) is 40.4 Å². The molecule has 20 heavy (non-hydrogen) atoms. The van der Waals surface area contributed by atoms with E-state index >= 15 is 0 Å². The first kappa shape index (κ1) is 14.7. The molecular formula is C18H24N2. The van der Waals surface area contributed by atoms with Crippen molar-refractivity contribution in [1.82, 2.24) is 10.3 Å². The van der Waals surface area contributed by atoms with E-state index in [4.69, 9.17) is 0 Å². The van der Waals surface area contributed by atoms with Crippen LogP contribution < -0.4 is 5.32 Å². The van der Waals surface area contributed by atoms with Gasteiger partial charge < -0.3 is 5.32 Å². The molecule has 2 rings (SSSR count). The van der Waals surface area contributed by atoms with Gasteiger partial charge in [-0.1, -0.05) is 30.7 Å². The van der Waals surface area contributed by atoms with Gasteiger partial charge in [-0.2, -0.15) is 0 Å². The predicted molar refractivity (Wildman–Crippen MR) is 84.8 cm³/mol. The second-order valence-electron chi connectivity index (χ2n) is 5.44. The highest BCUT2D eigenvalue weighted by Gasteiger charge is 2.05. The lowest BCUT2D eigenvalue weighted by molar-refractivity contribution is 0.668. The molecule has 0 aliphatic carbocycles. The molecule has 0 atom stereocenters. The van der Waals surface area contributed by atoms with Crippen LogP contribution in [0, 0.1) is 20.8 Å². The van der Waals surface area contributed by atoms with Crippen molar-refractivity contribution < 1.29 is 0 Å². The zero-order valence-corrected chi connectivity index (χ0v) is 13.0. The van der Waals surface area contributed by atoms with E-state index in [1.54, 1.807) is 0 Å². The molecule has 0 saturated carbocycles. The Bertz CT molecular complexity index is 565. The molecule has 1 aromatic carbocycles. The molecule has 1 heterocycles. The van der Waals surface area contributed by atoms with E-state index in [1.165, 1.54) is 27.8 Å². The molecule has 0 fully saturated rings. The van der Waals surface area contributed by atoms with E-state index in [1.807, 2.05) is 12.3 Å². The van der Waals surface area contributed by atoms with Crippen molar-refractivity contribution >= 4 is 0 Å². The van der Waals surface area contributed by atoms with E-state index in [-0.39, 0.29) is 0 Å². The van der Waals surface area contributed by atoms with Gasteiger partial charge in [-0.3, -0.25) is 4.98 Å². The second kappa shape index (κ2) is 6.67. The molecule has 0 unspecified atom stereocenters. The summed E-state index contributed by atoms with van der Waals surface area (Å²) in [5.41, 5.74) is 7.97. The summed E-state index contributed by atoms with van der Waals surface area (Å²) in [6, 6.07) is 8.67. The van der Waals surface area contributed by atoms with Crippen molar-refractivity contribution in [3.8, 4) is 0 Å². The van der Waals surface area contributed by atoms with Gasteiger partial charge in [0.25, 0.3) is 0 Å². The fraction of sp³-hybridized carbons (Fsp3) is 0.389. The number of aromatic nitrogens is 1. The van der Waals surface area contributed by atoms with Gasteiger partial charge in [0.15, 0.2) is 0 Å². The molecular weight excluding hydrogens is 244 g/mol. The van der Waals surface area contributed by atoms with Gasteiger partial charge in [0.2, 0.25) is 0 Å². The molecule has 106 valence electrons. The molecule has 2 nitrogen and oxygen atoms in total. The van der Waals surface area contributed by atoms with Crippen LogP contribution in [0.5, 0.6) is 0 Å². The first-order chi connectivity index (χ1) is 9.61. The molecule has 0 saturated heterocycles. The van der Waals surface area contributed by atoms with E-state index in [9.17, 15) is 0 Å². The SMILES string of the molecule is CCc1cccnc1CNCc1c(C)cc(C)cc1C. The van der Waals surface area contributed by atoms with Gasteiger partial charge >= 0.3 is 0 Å². The second-order valence-corrected chi connectivity index (χ2v) is 5.44. The van der Waals surface area contributed by atoms with Gasteiger partial charge in [-0.15, -0.1) is 0 Å². The summed E-state index contributed by atoms with van der Waals surface area (Å²) in [6.07, 6.45) is 2.91. The standard InChI is InChI=1S/C18H24N2/c1-5-16-7-6-8-20-18(16)12-19-11-17-14(3)9-13(2)10-15(17)4/h6-10,19H,5,11-12H2,1-4H3. The Balaban J connectivity index is 2.03. The first-order valence-electron chi connectivity index (χ1n) is 7.32. The number of hydrogen-bond donors (Lipinski definition) is 1. The van der Waals surface area contributed by atoms with Gasteiger partial charge in [0, 0.05) is 19.3 Å². The van der Waals surface area contributed by atoms with Gasteiger partial charge in [0.1, 0.15) is 0 Å². The summed E-state index contributed by atoms with van der Waals surface area (Å²) >= 11 is 0. The van der Waals surface area contributed by atoms with Gasteiger partial charge in [-0.25, -0.2) is 0 Å². The van der Waals surface area contributed by atoms with Crippen LogP contribution in [0.15, 0.2) is 30.5 Å². The molecule has 2 heteroatoms. The number of pyridine rings is 1. The Morgan fingerprint density at radius 2 is 1.75 bits per heavy atom. The van der Waals surface area contributed by atoms with Crippen LogP contribution in [-0.2, 0) is 19.5 Å². The highest BCUT2D eigenvalue weighted by Crippen LogP contribution is 2.16. The highest BCUT2D eigenvalue weighted by molar-refractivity contribution is 5.37. The third-order valence-corrected chi connectivity index (χ3v) is 3.80. The van der Waals surface area contributed by atoms with Crippen molar-refractivity contribution in [3.63, 3.8) is 0 Å². The minimum atomic E-state index is 0.830. The zero-order valence-electron chi connectivity index (χ0n) is 13.0. The Kier molecular flexibility index (Phi) is 4.91. The van der Waals surface area contributed by atoms with Gasteiger partial charge in [0.05, 0.1) is 5.69 Å². The molecule has 1 N–H and O–H groups in total. The first-order valence-corrected chi connectivity index (χ1v) is 7.32. The van der Waals surface area contributed by atoms with E-state index in [2.05, 4.69) is 56.2 Å². The molecule has 0 radical (unpaired) electrons. The van der Waals surface area contributed by atoms with Crippen molar-refractivity contribution in [2.75, 3.05) is 0 Å². The Morgan fingerprint density at radius 1 is 1.05 bits per heavy atom. The lowest BCUT2D eigenvalue weighted by Crippen LogP contribution is -2.16. The normalized spacial score (nSPS) is 10.8. The number of rotatable bonds is 5. The van der Waals surface area contributed by atoms with E-state index < -0.39 is 0 Å². The molecule has 1 aromatic heterocycles. The highest BCUT2D eigenvalue weighted by atomic mass is 14.9. The van der Waals surface area contributed by atoms with E-state index in [0.717, 1.165) is 25.2 Å². The van der Waals surface area contributed by atoms with Crippen molar-refractivity contribution in [3.05, 3.63) is 64.0 Å². The van der Waals surface area contributed by atoms with Crippen LogP contribution in [-0.4, -0.2) is 4.98 Å². The largest absolute Gasteiger partial charge is 0.307 e. The fourth-order valence-electron chi connectivity index (χ4n) is 2.75. The van der Waals surface area contributed by atoms with Crippen LogP contribution in [0.3, 0.4) is 0 Å². The molecule has 2 aromatic rings. The summed E-state index contributed by atoms with van der Waals surface area (Å²) in [6.45, 7) is 10.4. The molecule has 0 spiro atoms. The minimum Gasteiger partial charge on any atom is -0.307 e. The van der Waals surface area contributed by atoms with Crippen LogP contribution in [0.2, 0.25) is 0 Å². The maximum absolute atomic E-state index is 4.48. The van der Waals surface area contributed by atoms with Crippen LogP contribution in [0.4, 0.5) is 0 Å². The average Bonchev–Trinajstić information content (AvgIpc) is 2.42. The van der Waals surface area contributed by atoms with Crippen molar-refractivity contribution in [1.29, 1.82) is 0 Å². The molecule has 0 aliphatic heterocycles. The number of nitrogens with one attached hydrogen (secondary N) is 1. The molecule has 0 bridgehead atoms. The average molecular weight is 268 g/mol. The number of nitrogens with zero attached hydrogens (tertiary/aromatic N) is 1. The lowest BCUT2D eigenvalue weighted by Gasteiger charge is -2.13. The quantitative estimate of drug-likeness (QED) is 0.890. The fourth-order valence-corrected chi connectivity index (χ4v) is 2.75. The van der Waals surface area contributed by atoms with Crippen molar-refractivity contribution in [2.45, 2.75) is 47.2 Å². The third-order valence-electron chi connectivity index (χ3n) is 3.80. The summed E-state index contributed by atoms with van der Waals surface area (Å²) in [7, 11) is 0. The van der Waals surface area contributed by atoms with Crippen LogP contribution in [0.25, 0.3) is 0 Å². The van der Waals surface area contributed by atoms with Crippen LogP contribution >= 0.6 is 0 Å². The number of aryl methyl sites for hydroxylation is 4. The summed E-state index contributed by atoms with van der Waals surface area (Å²) in [5, 5.41) is 3.53. The van der Waals surface area contributed by atoms with E-state index in [0.29, 0.717) is 0 Å². The monoisotopic (exact) mass is 268 g/mol. The maximum Gasteiger partial charge on any atom is 0.0573 e. The third kappa shape index (κ3) is 3.45. The smallest absolute Gasteiger partial charge is 0.0573 e. The molecule has 0 amide bonds. The number of hydrogen-bond acceptors (Lipinski definition) is 2. The maximum atomic E-state index is 4.48.